The van der Waals surface area contributed by atoms with Gasteiger partial charge in [-0.25, -0.2) is 0 Å². The summed E-state index contributed by atoms with van der Waals surface area (Å²) in [6.07, 6.45) is 2.50. The summed E-state index contributed by atoms with van der Waals surface area (Å²) < 4.78 is 10.7. The maximum Gasteiger partial charge on any atom is 0.122 e. The molecule has 1 aromatic rings. The van der Waals surface area contributed by atoms with Crippen LogP contribution in [0.25, 0.3) is 0 Å². The van der Waals surface area contributed by atoms with Crippen LogP contribution in [0.1, 0.15) is 31.2 Å². The van der Waals surface area contributed by atoms with Gasteiger partial charge in [-0.3, -0.25) is 0 Å². The van der Waals surface area contributed by atoms with Gasteiger partial charge in [0.2, 0.25) is 0 Å². The molecule has 100 valence electrons. The van der Waals surface area contributed by atoms with Crippen LogP contribution in [-0.2, 0) is 0 Å². The van der Waals surface area contributed by atoms with Crippen LogP contribution >= 0.6 is 0 Å². The molecule has 1 aromatic carbocycles. The summed E-state index contributed by atoms with van der Waals surface area (Å²) in [7, 11) is 3.40. The molecule has 0 saturated carbocycles. The lowest BCUT2D eigenvalue weighted by Crippen LogP contribution is -2.30. The second kappa shape index (κ2) is 6.10. The molecule has 1 heterocycles. The van der Waals surface area contributed by atoms with E-state index in [9.17, 15) is 0 Å². The zero-order chi connectivity index (χ0) is 13.0. The molecular weight excluding hydrogens is 226 g/mol. The highest BCUT2D eigenvalue weighted by molar-refractivity contribution is 5.40. The monoisotopic (exact) mass is 249 g/mol. The second-order valence-corrected chi connectivity index (χ2v) is 5.02. The first-order valence-electron chi connectivity index (χ1n) is 6.68. The summed E-state index contributed by atoms with van der Waals surface area (Å²) >= 11 is 0. The molecule has 1 fully saturated rings. The molecule has 0 aromatic heterocycles. The molecule has 1 unspecified atom stereocenters. The molecule has 3 nitrogen and oxygen atoms in total. The van der Waals surface area contributed by atoms with Crippen molar-refractivity contribution in [3.8, 4) is 11.5 Å². The molecule has 18 heavy (non-hydrogen) atoms. The number of hydrogen-bond donors (Lipinski definition) is 1. The fourth-order valence-electron chi connectivity index (χ4n) is 2.71. The first-order valence-corrected chi connectivity index (χ1v) is 6.68. The summed E-state index contributed by atoms with van der Waals surface area (Å²) in [5, 5.41) is 3.42. The number of piperidine rings is 1. The molecule has 1 saturated heterocycles. The Kier molecular flexibility index (Phi) is 4.48. The van der Waals surface area contributed by atoms with Crippen LogP contribution in [0.5, 0.6) is 11.5 Å². The number of methoxy groups -OCH3 is 2. The first-order chi connectivity index (χ1) is 8.74. The van der Waals surface area contributed by atoms with Crippen LogP contribution in [0.4, 0.5) is 0 Å². The largest absolute Gasteiger partial charge is 0.497 e. The second-order valence-electron chi connectivity index (χ2n) is 5.02. The molecule has 0 spiro atoms. The Bertz CT molecular complexity index is 364. The van der Waals surface area contributed by atoms with Gasteiger partial charge in [-0.1, -0.05) is 6.92 Å². The van der Waals surface area contributed by atoms with Gasteiger partial charge in [0, 0.05) is 6.07 Å². The van der Waals surface area contributed by atoms with E-state index in [0.29, 0.717) is 5.92 Å². The maximum atomic E-state index is 5.34. The van der Waals surface area contributed by atoms with Gasteiger partial charge in [0.15, 0.2) is 0 Å². The number of rotatable bonds is 4. The highest BCUT2D eigenvalue weighted by Gasteiger charge is 2.22. The Morgan fingerprint density at radius 1 is 1.06 bits per heavy atom. The van der Waals surface area contributed by atoms with Crippen molar-refractivity contribution < 1.29 is 9.47 Å². The van der Waals surface area contributed by atoms with E-state index in [1.54, 1.807) is 14.2 Å². The molecule has 3 heteroatoms. The fraction of sp³-hybridized carbons (Fsp3) is 0.600. The molecule has 1 atom stereocenters. The Morgan fingerprint density at radius 3 is 2.11 bits per heavy atom. The van der Waals surface area contributed by atoms with Crippen LogP contribution in [0, 0.1) is 5.92 Å². The average Bonchev–Trinajstić information content (AvgIpc) is 2.46. The lowest BCUT2D eigenvalue weighted by Gasteiger charge is -2.29. The van der Waals surface area contributed by atoms with E-state index in [2.05, 4.69) is 24.4 Å². The molecule has 0 bridgehead atoms. The third-order valence-electron chi connectivity index (χ3n) is 3.99. The van der Waals surface area contributed by atoms with Crippen molar-refractivity contribution in [1.29, 1.82) is 0 Å². The van der Waals surface area contributed by atoms with Crippen molar-refractivity contribution in [2.45, 2.75) is 25.7 Å². The van der Waals surface area contributed by atoms with Crippen molar-refractivity contribution in [1.82, 2.24) is 5.32 Å². The van der Waals surface area contributed by atoms with E-state index >= 15 is 0 Å². The highest BCUT2D eigenvalue weighted by Crippen LogP contribution is 2.34. The third kappa shape index (κ3) is 2.96. The van der Waals surface area contributed by atoms with Crippen molar-refractivity contribution in [3.05, 3.63) is 23.8 Å². The SMILES string of the molecule is COc1cc(OC)cc(C(C)C2CCNCC2)c1. The van der Waals surface area contributed by atoms with Gasteiger partial charge in [-0.15, -0.1) is 0 Å². The predicted molar refractivity (Wildman–Crippen MR) is 73.6 cm³/mol. The van der Waals surface area contributed by atoms with E-state index in [0.717, 1.165) is 30.5 Å². The van der Waals surface area contributed by atoms with E-state index in [1.807, 2.05) is 6.07 Å². The van der Waals surface area contributed by atoms with E-state index in [1.165, 1.54) is 18.4 Å². The summed E-state index contributed by atoms with van der Waals surface area (Å²) in [5.41, 5.74) is 1.32. The third-order valence-corrected chi connectivity index (χ3v) is 3.99. The molecule has 0 radical (unpaired) electrons. The standard InChI is InChI=1S/C15H23NO2/c1-11(12-4-6-16-7-5-12)13-8-14(17-2)10-15(9-13)18-3/h8-12,16H,4-7H2,1-3H3. The van der Waals surface area contributed by atoms with Crippen LogP contribution in [0.2, 0.25) is 0 Å². The van der Waals surface area contributed by atoms with Gasteiger partial charge in [-0.2, -0.15) is 0 Å². The van der Waals surface area contributed by atoms with E-state index in [4.69, 9.17) is 9.47 Å². The summed E-state index contributed by atoms with van der Waals surface area (Å²) in [5.74, 6) is 3.06. The molecule has 1 aliphatic heterocycles. The Labute approximate surface area is 109 Å². The van der Waals surface area contributed by atoms with Crippen molar-refractivity contribution in [2.24, 2.45) is 5.92 Å². The molecule has 0 amide bonds. The minimum Gasteiger partial charge on any atom is -0.497 e. The zero-order valence-electron chi connectivity index (χ0n) is 11.5. The lowest BCUT2D eigenvalue weighted by atomic mass is 9.81. The summed E-state index contributed by atoms with van der Waals surface area (Å²) in [6.45, 7) is 4.58. The minimum atomic E-state index is 0.552. The molecule has 0 aliphatic carbocycles. The van der Waals surface area contributed by atoms with Crippen molar-refractivity contribution in [3.63, 3.8) is 0 Å². The summed E-state index contributed by atoms with van der Waals surface area (Å²) in [6, 6.07) is 6.20. The Hall–Kier alpha value is -1.22. The minimum absolute atomic E-state index is 0.552. The average molecular weight is 249 g/mol. The van der Waals surface area contributed by atoms with Gasteiger partial charge >= 0.3 is 0 Å². The van der Waals surface area contributed by atoms with Gasteiger partial charge in [0.25, 0.3) is 0 Å². The number of ether oxygens (including phenoxy) is 2. The van der Waals surface area contributed by atoms with Crippen LogP contribution in [0.3, 0.4) is 0 Å². The first kappa shape index (κ1) is 13.2. The highest BCUT2D eigenvalue weighted by atomic mass is 16.5. The topological polar surface area (TPSA) is 30.5 Å². The predicted octanol–water partition coefficient (Wildman–Crippen LogP) is 2.81. The Balaban J connectivity index is 2.19. The lowest BCUT2D eigenvalue weighted by molar-refractivity contribution is 0.328. The van der Waals surface area contributed by atoms with Crippen molar-refractivity contribution >= 4 is 0 Å². The van der Waals surface area contributed by atoms with Crippen LogP contribution in [0.15, 0.2) is 18.2 Å². The number of benzene rings is 1. The zero-order valence-corrected chi connectivity index (χ0v) is 11.5. The normalized spacial score (nSPS) is 18.4. The quantitative estimate of drug-likeness (QED) is 0.890. The summed E-state index contributed by atoms with van der Waals surface area (Å²) in [4.78, 5) is 0. The Morgan fingerprint density at radius 2 is 1.61 bits per heavy atom. The molecule has 1 aliphatic rings. The van der Waals surface area contributed by atoms with Crippen molar-refractivity contribution in [2.75, 3.05) is 27.3 Å². The van der Waals surface area contributed by atoms with E-state index in [-0.39, 0.29) is 0 Å². The van der Waals surface area contributed by atoms with Gasteiger partial charge in [-0.05, 0) is 55.5 Å². The number of nitrogens with one attached hydrogen (secondary N) is 1. The fourth-order valence-corrected chi connectivity index (χ4v) is 2.71. The number of hydrogen-bond acceptors (Lipinski definition) is 3. The molecule has 1 N–H and O–H groups in total. The van der Waals surface area contributed by atoms with Gasteiger partial charge in [0.05, 0.1) is 14.2 Å². The molecule has 2 rings (SSSR count). The van der Waals surface area contributed by atoms with Gasteiger partial charge < -0.3 is 14.8 Å². The molecular formula is C15H23NO2. The van der Waals surface area contributed by atoms with Crippen LogP contribution in [-0.4, -0.2) is 27.3 Å². The smallest absolute Gasteiger partial charge is 0.122 e. The van der Waals surface area contributed by atoms with Crippen LogP contribution < -0.4 is 14.8 Å². The van der Waals surface area contributed by atoms with Gasteiger partial charge in [0.1, 0.15) is 11.5 Å². The maximum absolute atomic E-state index is 5.34. The van der Waals surface area contributed by atoms with E-state index < -0.39 is 0 Å².